The van der Waals surface area contributed by atoms with Crippen LogP contribution < -0.4 is 10.3 Å². The second-order valence-electron chi connectivity index (χ2n) is 7.57. The number of hydrogen-bond acceptors (Lipinski definition) is 8. The van der Waals surface area contributed by atoms with Crippen LogP contribution in [0.5, 0.6) is 0 Å². The minimum atomic E-state index is 0.608. The molecule has 4 aromatic rings. The molecule has 1 aliphatic rings. The molecule has 0 saturated carbocycles. The molecule has 1 aromatic carbocycles. The van der Waals surface area contributed by atoms with Crippen molar-refractivity contribution in [2.45, 2.75) is 6.92 Å². The Balaban J connectivity index is 1.53. The maximum Gasteiger partial charge on any atom is 0.229 e. The van der Waals surface area contributed by atoms with E-state index in [9.17, 15) is 0 Å². The fraction of sp³-hybridized carbons (Fsp3) is 0.208. The van der Waals surface area contributed by atoms with E-state index in [0.717, 1.165) is 35.3 Å². The summed E-state index contributed by atoms with van der Waals surface area (Å²) in [5, 5.41) is 5.23. The fourth-order valence-electron chi connectivity index (χ4n) is 3.58. The molecule has 4 heterocycles. The van der Waals surface area contributed by atoms with E-state index in [-0.39, 0.29) is 0 Å². The summed E-state index contributed by atoms with van der Waals surface area (Å²) in [6.45, 7) is 4.83. The Morgan fingerprint density at radius 1 is 1.03 bits per heavy atom. The number of nitrogens with zero attached hydrogens (tertiary/aromatic N) is 6. The van der Waals surface area contributed by atoms with Gasteiger partial charge in [0, 0.05) is 31.0 Å². The van der Waals surface area contributed by atoms with E-state index in [4.69, 9.17) is 19.7 Å². The Morgan fingerprint density at radius 3 is 2.75 bits per heavy atom. The predicted octanol–water partition coefficient (Wildman–Crippen LogP) is 3.68. The Bertz CT molecular complexity index is 1250. The molecule has 1 N–H and O–H groups in total. The first-order valence-corrected chi connectivity index (χ1v) is 10.5. The molecule has 0 amide bonds. The molecule has 8 heteroatoms. The van der Waals surface area contributed by atoms with Crippen molar-refractivity contribution in [3.05, 3.63) is 72.1 Å². The first-order valence-electron chi connectivity index (χ1n) is 10.5. The van der Waals surface area contributed by atoms with Crippen molar-refractivity contribution in [2.24, 2.45) is 5.10 Å². The van der Waals surface area contributed by atoms with Gasteiger partial charge in [0.25, 0.3) is 0 Å². The third kappa shape index (κ3) is 4.40. The minimum absolute atomic E-state index is 0.608. The number of aryl methyl sites for hydroxylation is 1. The Kier molecular flexibility index (Phi) is 5.67. The number of fused-ring (bicyclic) bond motifs is 1. The molecular weight excluding hydrogens is 402 g/mol. The van der Waals surface area contributed by atoms with E-state index in [0.29, 0.717) is 30.6 Å². The van der Waals surface area contributed by atoms with Gasteiger partial charge in [0.05, 0.1) is 30.5 Å². The third-order valence-electron chi connectivity index (χ3n) is 5.23. The van der Waals surface area contributed by atoms with Crippen LogP contribution >= 0.6 is 0 Å². The summed E-state index contributed by atoms with van der Waals surface area (Å²) in [6, 6.07) is 16.0. The van der Waals surface area contributed by atoms with Gasteiger partial charge in [-0.2, -0.15) is 15.1 Å². The van der Waals surface area contributed by atoms with E-state index < -0.39 is 0 Å². The number of nitrogens with one attached hydrogen (secondary N) is 1. The second-order valence-corrected chi connectivity index (χ2v) is 7.57. The van der Waals surface area contributed by atoms with Gasteiger partial charge < -0.3 is 9.64 Å². The molecule has 0 spiro atoms. The molecule has 1 saturated heterocycles. The largest absolute Gasteiger partial charge is 0.378 e. The highest BCUT2D eigenvalue weighted by Crippen LogP contribution is 2.26. The summed E-state index contributed by atoms with van der Waals surface area (Å²) in [6.07, 6.45) is 5.33. The third-order valence-corrected chi connectivity index (χ3v) is 5.23. The second kappa shape index (κ2) is 9.07. The molecule has 0 bridgehead atoms. The molecule has 160 valence electrons. The monoisotopic (exact) mass is 425 g/mol. The van der Waals surface area contributed by atoms with E-state index in [1.807, 2.05) is 36.4 Å². The summed E-state index contributed by atoms with van der Waals surface area (Å²) in [5.74, 6) is 1.23. The summed E-state index contributed by atoms with van der Waals surface area (Å²) < 4.78 is 5.48. The van der Waals surface area contributed by atoms with Crippen molar-refractivity contribution in [3.63, 3.8) is 0 Å². The molecular formula is C24H23N7O. The van der Waals surface area contributed by atoms with E-state index in [1.54, 1.807) is 18.6 Å². The zero-order chi connectivity index (χ0) is 21.8. The first-order chi connectivity index (χ1) is 15.8. The van der Waals surface area contributed by atoms with Crippen molar-refractivity contribution >= 4 is 29.0 Å². The summed E-state index contributed by atoms with van der Waals surface area (Å²) in [4.78, 5) is 20.6. The molecule has 0 unspecified atom stereocenters. The molecule has 1 aliphatic heterocycles. The van der Waals surface area contributed by atoms with Crippen LogP contribution in [-0.2, 0) is 4.74 Å². The van der Waals surface area contributed by atoms with Gasteiger partial charge in [0.2, 0.25) is 5.95 Å². The summed E-state index contributed by atoms with van der Waals surface area (Å²) in [5.41, 5.74) is 7.66. The topological polar surface area (TPSA) is 88.4 Å². The molecule has 0 atom stereocenters. The fourth-order valence-corrected chi connectivity index (χ4v) is 3.58. The molecule has 1 fully saturated rings. The van der Waals surface area contributed by atoms with Crippen LogP contribution in [0.1, 0.15) is 11.1 Å². The zero-order valence-corrected chi connectivity index (χ0v) is 17.8. The van der Waals surface area contributed by atoms with Gasteiger partial charge in [-0.05, 0) is 36.8 Å². The predicted molar refractivity (Wildman–Crippen MR) is 126 cm³/mol. The van der Waals surface area contributed by atoms with Crippen LogP contribution in [0.15, 0.2) is 66.0 Å². The Hall–Kier alpha value is -3.91. The quantitative estimate of drug-likeness (QED) is 0.385. The van der Waals surface area contributed by atoms with Crippen LogP contribution in [0.2, 0.25) is 0 Å². The number of morpholine rings is 1. The average molecular weight is 425 g/mol. The van der Waals surface area contributed by atoms with Crippen LogP contribution in [0.4, 0.5) is 11.8 Å². The van der Waals surface area contributed by atoms with Gasteiger partial charge >= 0.3 is 0 Å². The highest BCUT2D eigenvalue weighted by atomic mass is 16.5. The van der Waals surface area contributed by atoms with E-state index in [2.05, 4.69) is 39.5 Å². The Morgan fingerprint density at radius 2 is 1.94 bits per heavy atom. The molecule has 3 aromatic heterocycles. The lowest BCUT2D eigenvalue weighted by Crippen LogP contribution is -2.37. The molecule has 0 aliphatic carbocycles. The lowest BCUT2D eigenvalue weighted by molar-refractivity contribution is 0.122. The number of anilines is 2. The maximum absolute atomic E-state index is 5.48. The van der Waals surface area contributed by atoms with Gasteiger partial charge in [0.1, 0.15) is 0 Å². The van der Waals surface area contributed by atoms with Crippen molar-refractivity contribution < 1.29 is 4.74 Å². The van der Waals surface area contributed by atoms with Gasteiger partial charge in [-0.25, -0.2) is 4.98 Å². The standard InChI is InChI=1S/C24H23N7O/c1-17-4-2-5-18(14-17)15-26-30-23-20-7-8-21(19-6-3-9-25-16-19)27-22(20)28-24(29-23)31-10-12-32-13-11-31/h2-9,14-16H,10-13H2,1H3,(H,27,28,29,30). The number of benzene rings is 1. The molecule has 32 heavy (non-hydrogen) atoms. The number of ether oxygens (including phenoxy) is 1. The van der Waals surface area contributed by atoms with Gasteiger partial charge in [-0.3, -0.25) is 10.4 Å². The number of aromatic nitrogens is 4. The number of rotatable bonds is 5. The minimum Gasteiger partial charge on any atom is -0.378 e. The smallest absolute Gasteiger partial charge is 0.229 e. The van der Waals surface area contributed by atoms with Crippen LogP contribution in [0.3, 0.4) is 0 Å². The van der Waals surface area contributed by atoms with E-state index in [1.165, 1.54) is 5.56 Å². The van der Waals surface area contributed by atoms with Crippen molar-refractivity contribution in [1.82, 2.24) is 19.9 Å². The van der Waals surface area contributed by atoms with Crippen molar-refractivity contribution in [3.8, 4) is 11.3 Å². The van der Waals surface area contributed by atoms with Gasteiger partial charge in [-0.15, -0.1) is 0 Å². The van der Waals surface area contributed by atoms with Gasteiger partial charge in [-0.1, -0.05) is 29.8 Å². The normalized spacial score (nSPS) is 14.2. The number of hydrogen-bond donors (Lipinski definition) is 1. The van der Waals surface area contributed by atoms with Gasteiger partial charge in [0.15, 0.2) is 11.5 Å². The van der Waals surface area contributed by atoms with Crippen LogP contribution in [0.25, 0.3) is 22.3 Å². The lowest BCUT2D eigenvalue weighted by atomic mass is 10.1. The van der Waals surface area contributed by atoms with Crippen LogP contribution in [-0.4, -0.2) is 52.5 Å². The summed E-state index contributed by atoms with van der Waals surface area (Å²) >= 11 is 0. The zero-order valence-electron chi connectivity index (χ0n) is 17.8. The number of hydrazone groups is 1. The molecule has 5 rings (SSSR count). The highest BCUT2D eigenvalue weighted by molar-refractivity contribution is 5.90. The maximum atomic E-state index is 5.48. The number of pyridine rings is 2. The SMILES string of the molecule is Cc1cccc(C=NNc2nc(N3CCOCC3)nc3nc(-c4cccnc4)ccc23)c1. The van der Waals surface area contributed by atoms with Crippen molar-refractivity contribution in [1.29, 1.82) is 0 Å². The lowest BCUT2D eigenvalue weighted by Gasteiger charge is -2.27. The highest BCUT2D eigenvalue weighted by Gasteiger charge is 2.17. The molecule has 8 nitrogen and oxygen atoms in total. The average Bonchev–Trinajstić information content (AvgIpc) is 2.84. The van der Waals surface area contributed by atoms with Crippen molar-refractivity contribution in [2.75, 3.05) is 36.6 Å². The summed E-state index contributed by atoms with van der Waals surface area (Å²) in [7, 11) is 0. The van der Waals surface area contributed by atoms with Crippen LogP contribution in [0, 0.1) is 6.92 Å². The Labute approximate surface area is 186 Å². The molecule has 0 radical (unpaired) electrons. The van der Waals surface area contributed by atoms with E-state index >= 15 is 0 Å². The first kappa shape index (κ1) is 20.0.